The Balaban J connectivity index is 1.81. The summed E-state index contributed by atoms with van der Waals surface area (Å²) < 4.78 is 13.7. The van der Waals surface area contributed by atoms with Crippen molar-refractivity contribution in [3.8, 4) is 11.6 Å². The highest BCUT2D eigenvalue weighted by Crippen LogP contribution is 2.22. The van der Waals surface area contributed by atoms with Gasteiger partial charge < -0.3 is 9.26 Å². The van der Waals surface area contributed by atoms with E-state index in [1.54, 1.807) is 0 Å². The molecule has 0 N–H and O–H groups in total. The van der Waals surface area contributed by atoms with Gasteiger partial charge in [-0.2, -0.15) is 0 Å². The number of halogens is 1. The Kier molecular flexibility index (Phi) is 4.75. The van der Waals surface area contributed by atoms with Crippen molar-refractivity contribution in [3.63, 3.8) is 0 Å². The summed E-state index contributed by atoms with van der Waals surface area (Å²) in [7, 11) is 0. The second-order valence-electron chi connectivity index (χ2n) is 5.59. The monoisotopic (exact) mass is 436 g/mol. The van der Waals surface area contributed by atoms with Crippen LogP contribution < -0.4 is 4.74 Å². The van der Waals surface area contributed by atoms with Gasteiger partial charge in [0, 0.05) is 26.6 Å². The number of carbonyl (C=O) groups excluding carboxylic acids is 1. The van der Waals surface area contributed by atoms with E-state index in [0.717, 1.165) is 20.7 Å². The summed E-state index contributed by atoms with van der Waals surface area (Å²) in [5, 5.41) is 4.03. The van der Waals surface area contributed by atoms with Crippen molar-refractivity contribution in [1.82, 2.24) is 9.72 Å². The molecule has 3 rings (SSSR count). The zero-order valence-electron chi connectivity index (χ0n) is 13.7. The Bertz CT molecular complexity index is 896. The molecule has 0 aliphatic carbocycles. The first-order valence-electron chi connectivity index (χ1n) is 7.50. The Morgan fingerprint density at radius 2 is 2.04 bits per heavy atom. The van der Waals surface area contributed by atoms with E-state index in [1.165, 1.54) is 0 Å². The zero-order chi connectivity index (χ0) is 17.3. The third-order valence-electron chi connectivity index (χ3n) is 3.74. The normalized spacial score (nSPS) is 10.8. The molecule has 0 atom stereocenters. The van der Waals surface area contributed by atoms with Gasteiger partial charge in [-0.15, -0.1) is 0 Å². The Hall–Kier alpha value is -2.09. The van der Waals surface area contributed by atoms with E-state index in [-0.39, 0.29) is 12.4 Å². The quantitative estimate of drug-likeness (QED) is 0.443. The molecule has 0 amide bonds. The van der Waals surface area contributed by atoms with Crippen LogP contribution in [-0.2, 0) is 0 Å². The average molecular weight is 436 g/mol. The predicted molar refractivity (Wildman–Crippen MR) is 99.0 cm³/mol. The van der Waals surface area contributed by atoms with Crippen LogP contribution >= 0.6 is 22.6 Å². The van der Waals surface area contributed by atoms with E-state index in [0.29, 0.717) is 17.1 Å². The highest BCUT2D eigenvalue weighted by Gasteiger charge is 2.18. The first-order valence-corrected chi connectivity index (χ1v) is 8.58. The summed E-state index contributed by atoms with van der Waals surface area (Å²) in [6.45, 7) is 5.68. The minimum Gasteiger partial charge on any atom is -0.485 e. The maximum Gasteiger partial charge on any atom is 0.202 e. The number of carbonyl (C=O) groups is 1. The molecule has 0 fully saturated rings. The van der Waals surface area contributed by atoms with Gasteiger partial charge in [0.1, 0.15) is 11.5 Å². The number of rotatable bonds is 5. The lowest BCUT2D eigenvalue weighted by atomic mass is 10.1. The van der Waals surface area contributed by atoms with Gasteiger partial charge in [0.15, 0.2) is 12.4 Å². The highest BCUT2D eigenvalue weighted by molar-refractivity contribution is 14.1. The van der Waals surface area contributed by atoms with Crippen LogP contribution in [0.25, 0.3) is 5.82 Å². The molecule has 2 aromatic heterocycles. The molecule has 124 valence electrons. The van der Waals surface area contributed by atoms with Crippen molar-refractivity contribution in [3.05, 3.63) is 62.7 Å². The molecule has 0 unspecified atom stereocenters. The third kappa shape index (κ3) is 3.38. The lowest BCUT2D eigenvalue weighted by molar-refractivity contribution is 0.0921. The number of ketones is 1. The number of benzene rings is 1. The first kappa shape index (κ1) is 16.8. The minimum absolute atomic E-state index is 0.00221. The molecule has 0 aliphatic rings. The minimum atomic E-state index is -0.0616. The van der Waals surface area contributed by atoms with Gasteiger partial charge >= 0.3 is 0 Å². The van der Waals surface area contributed by atoms with Crippen LogP contribution in [0.3, 0.4) is 0 Å². The average Bonchev–Trinajstić information content (AvgIpc) is 3.08. The Morgan fingerprint density at radius 1 is 1.25 bits per heavy atom. The van der Waals surface area contributed by atoms with Crippen LogP contribution in [-0.4, -0.2) is 22.1 Å². The standard InChI is InChI=1S/C18H17IN2O3/c1-11-7-16(13(3)21(11)18-8-12(2)24-20-18)17(22)10-23-15-6-4-5-14(19)9-15/h4-9H,10H2,1-3H3. The molecular weight excluding hydrogens is 419 g/mol. The fourth-order valence-corrected chi connectivity index (χ4v) is 3.15. The molecular formula is C18H17IN2O3. The van der Waals surface area contributed by atoms with Gasteiger partial charge in [0.25, 0.3) is 0 Å². The van der Waals surface area contributed by atoms with Crippen LogP contribution in [0.4, 0.5) is 0 Å². The summed E-state index contributed by atoms with van der Waals surface area (Å²) >= 11 is 2.21. The molecule has 6 heteroatoms. The first-order chi connectivity index (χ1) is 11.5. The summed E-state index contributed by atoms with van der Waals surface area (Å²) in [6.07, 6.45) is 0. The molecule has 0 radical (unpaired) electrons. The molecule has 0 saturated heterocycles. The summed E-state index contributed by atoms with van der Waals surface area (Å²) in [5.41, 5.74) is 2.40. The van der Waals surface area contributed by atoms with Crippen molar-refractivity contribution in [2.45, 2.75) is 20.8 Å². The molecule has 0 bridgehead atoms. The van der Waals surface area contributed by atoms with E-state index < -0.39 is 0 Å². The fourth-order valence-electron chi connectivity index (χ4n) is 2.64. The molecule has 2 heterocycles. The van der Waals surface area contributed by atoms with Crippen LogP contribution in [0.15, 0.2) is 40.9 Å². The lowest BCUT2D eigenvalue weighted by Crippen LogP contribution is -2.12. The molecule has 1 aromatic carbocycles. The Morgan fingerprint density at radius 3 is 2.71 bits per heavy atom. The van der Waals surface area contributed by atoms with E-state index >= 15 is 0 Å². The van der Waals surface area contributed by atoms with Gasteiger partial charge in [-0.3, -0.25) is 9.36 Å². The van der Waals surface area contributed by atoms with Crippen molar-refractivity contribution < 1.29 is 14.1 Å². The zero-order valence-corrected chi connectivity index (χ0v) is 15.8. The number of aromatic nitrogens is 2. The second kappa shape index (κ2) is 6.80. The topological polar surface area (TPSA) is 57.3 Å². The predicted octanol–water partition coefficient (Wildman–Crippen LogP) is 4.26. The lowest BCUT2D eigenvalue weighted by Gasteiger charge is -2.07. The smallest absolute Gasteiger partial charge is 0.202 e. The second-order valence-corrected chi connectivity index (χ2v) is 6.83. The van der Waals surface area contributed by atoms with Crippen LogP contribution in [0.5, 0.6) is 5.75 Å². The van der Waals surface area contributed by atoms with E-state index in [4.69, 9.17) is 9.26 Å². The number of ether oxygens (including phenoxy) is 1. The van der Waals surface area contributed by atoms with Crippen LogP contribution in [0, 0.1) is 24.3 Å². The number of aryl methyl sites for hydroxylation is 2. The van der Waals surface area contributed by atoms with Crippen molar-refractivity contribution in [2.24, 2.45) is 0 Å². The molecule has 0 saturated carbocycles. The Labute approximate surface area is 153 Å². The number of hydrogen-bond acceptors (Lipinski definition) is 4. The molecule has 24 heavy (non-hydrogen) atoms. The van der Waals surface area contributed by atoms with Gasteiger partial charge in [-0.1, -0.05) is 11.2 Å². The highest BCUT2D eigenvalue weighted by atomic mass is 127. The molecule has 5 nitrogen and oxygen atoms in total. The molecule has 3 aromatic rings. The van der Waals surface area contributed by atoms with E-state index in [9.17, 15) is 4.79 Å². The number of hydrogen-bond donors (Lipinski definition) is 0. The molecule has 0 aliphatic heterocycles. The number of Topliss-reactive ketones (excluding diaryl/α,β-unsaturated/α-hetero) is 1. The van der Waals surface area contributed by atoms with Gasteiger partial charge in [0.2, 0.25) is 5.78 Å². The largest absolute Gasteiger partial charge is 0.485 e. The summed E-state index contributed by atoms with van der Waals surface area (Å²) in [4.78, 5) is 12.5. The number of nitrogens with zero attached hydrogens (tertiary/aromatic N) is 2. The van der Waals surface area contributed by atoms with E-state index in [2.05, 4.69) is 27.7 Å². The maximum atomic E-state index is 12.5. The van der Waals surface area contributed by atoms with Crippen molar-refractivity contribution in [1.29, 1.82) is 0 Å². The third-order valence-corrected chi connectivity index (χ3v) is 4.41. The van der Waals surface area contributed by atoms with Gasteiger partial charge in [-0.05, 0) is 67.6 Å². The summed E-state index contributed by atoms with van der Waals surface area (Å²) in [5.74, 6) is 2.04. The van der Waals surface area contributed by atoms with E-state index in [1.807, 2.05) is 61.7 Å². The van der Waals surface area contributed by atoms with Gasteiger partial charge in [0.05, 0.1) is 0 Å². The maximum absolute atomic E-state index is 12.5. The van der Waals surface area contributed by atoms with Crippen molar-refractivity contribution >= 4 is 28.4 Å². The summed E-state index contributed by atoms with van der Waals surface area (Å²) in [6, 6.07) is 11.3. The fraction of sp³-hybridized carbons (Fsp3) is 0.222. The van der Waals surface area contributed by atoms with Crippen LogP contribution in [0.1, 0.15) is 27.5 Å². The SMILES string of the molecule is Cc1cc(-n2c(C)cc(C(=O)COc3cccc(I)c3)c2C)no1. The molecule has 0 spiro atoms. The van der Waals surface area contributed by atoms with Crippen LogP contribution in [0.2, 0.25) is 0 Å². The van der Waals surface area contributed by atoms with Gasteiger partial charge in [-0.25, -0.2) is 0 Å². The van der Waals surface area contributed by atoms with Crippen molar-refractivity contribution in [2.75, 3.05) is 6.61 Å².